The second-order valence-corrected chi connectivity index (χ2v) is 7.30. The minimum atomic E-state index is -0.288. The normalized spacial score (nSPS) is 10.4. The molecular formula is C15H18N2O2S2. The molecule has 0 saturated carbocycles. The Morgan fingerprint density at radius 3 is 2.29 bits per heavy atom. The number of carbonyl (C=O) groups excluding carboxylic acids is 2. The Hall–Kier alpha value is -1.66. The zero-order valence-electron chi connectivity index (χ0n) is 12.3. The fourth-order valence-corrected chi connectivity index (χ4v) is 3.67. The molecule has 0 saturated heterocycles. The third-order valence-corrected chi connectivity index (χ3v) is 5.11. The van der Waals surface area contributed by atoms with Crippen LogP contribution in [-0.2, 0) is 6.42 Å². The fourth-order valence-electron chi connectivity index (χ4n) is 1.94. The van der Waals surface area contributed by atoms with Gasteiger partial charge in [-0.1, -0.05) is 13.3 Å². The van der Waals surface area contributed by atoms with E-state index in [1.165, 1.54) is 28.2 Å². The summed E-state index contributed by atoms with van der Waals surface area (Å²) in [7, 11) is 0. The van der Waals surface area contributed by atoms with E-state index in [2.05, 4.69) is 17.8 Å². The van der Waals surface area contributed by atoms with E-state index in [1.54, 1.807) is 6.07 Å². The Morgan fingerprint density at radius 1 is 1.05 bits per heavy atom. The van der Waals surface area contributed by atoms with Crippen LogP contribution in [0.2, 0.25) is 0 Å². The summed E-state index contributed by atoms with van der Waals surface area (Å²) in [5, 5.41) is 0. The summed E-state index contributed by atoms with van der Waals surface area (Å²) in [4.78, 5) is 27.3. The zero-order valence-corrected chi connectivity index (χ0v) is 13.9. The van der Waals surface area contributed by atoms with Crippen LogP contribution in [0.15, 0.2) is 18.2 Å². The van der Waals surface area contributed by atoms with E-state index in [0.29, 0.717) is 9.75 Å². The summed E-state index contributed by atoms with van der Waals surface area (Å²) in [6.07, 6.45) is 2.02. The second kappa shape index (κ2) is 6.87. The molecule has 2 rings (SSSR count). The second-order valence-electron chi connectivity index (χ2n) is 4.76. The number of hydrogen-bond donors (Lipinski definition) is 2. The number of nitrogens with one attached hydrogen (secondary N) is 2. The molecule has 112 valence electrons. The molecule has 4 nitrogen and oxygen atoms in total. The Balaban J connectivity index is 1.95. The SMILES string of the molecule is CCCc1cc(C(=O)NNC(=O)c2ccc(C)s2)sc1C. The van der Waals surface area contributed by atoms with Crippen molar-refractivity contribution in [3.05, 3.63) is 43.3 Å². The van der Waals surface area contributed by atoms with Crippen molar-refractivity contribution >= 4 is 34.5 Å². The molecule has 0 unspecified atom stereocenters. The molecule has 2 N–H and O–H groups in total. The van der Waals surface area contributed by atoms with Gasteiger partial charge in [-0.05, 0) is 44.0 Å². The van der Waals surface area contributed by atoms with Crippen molar-refractivity contribution < 1.29 is 9.59 Å². The highest BCUT2D eigenvalue weighted by molar-refractivity contribution is 7.14. The number of amides is 2. The van der Waals surface area contributed by atoms with Crippen molar-refractivity contribution in [1.82, 2.24) is 10.9 Å². The van der Waals surface area contributed by atoms with Crippen LogP contribution in [-0.4, -0.2) is 11.8 Å². The van der Waals surface area contributed by atoms with Crippen molar-refractivity contribution in [2.75, 3.05) is 0 Å². The molecule has 0 fully saturated rings. The maximum absolute atomic E-state index is 12.0. The topological polar surface area (TPSA) is 58.2 Å². The molecule has 0 aliphatic heterocycles. The lowest BCUT2D eigenvalue weighted by atomic mass is 10.1. The van der Waals surface area contributed by atoms with Crippen LogP contribution in [0.4, 0.5) is 0 Å². The van der Waals surface area contributed by atoms with Gasteiger partial charge in [0.2, 0.25) is 0 Å². The van der Waals surface area contributed by atoms with Crippen LogP contribution in [0.5, 0.6) is 0 Å². The van der Waals surface area contributed by atoms with E-state index < -0.39 is 0 Å². The van der Waals surface area contributed by atoms with Crippen molar-refractivity contribution in [3.8, 4) is 0 Å². The molecule has 0 aromatic carbocycles. The molecule has 0 bridgehead atoms. The molecule has 2 aromatic rings. The summed E-state index contributed by atoms with van der Waals surface area (Å²) >= 11 is 2.85. The first-order valence-electron chi connectivity index (χ1n) is 6.77. The predicted molar refractivity (Wildman–Crippen MR) is 87.0 cm³/mol. The first-order valence-corrected chi connectivity index (χ1v) is 8.41. The minimum Gasteiger partial charge on any atom is -0.266 e. The van der Waals surface area contributed by atoms with E-state index in [1.807, 2.05) is 26.0 Å². The Bertz CT molecular complexity index is 658. The van der Waals surface area contributed by atoms with Gasteiger partial charge in [-0.2, -0.15) is 0 Å². The van der Waals surface area contributed by atoms with Crippen molar-refractivity contribution in [2.24, 2.45) is 0 Å². The van der Waals surface area contributed by atoms with Crippen LogP contribution in [0.3, 0.4) is 0 Å². The first kappa shape index (κ1) is 15.7. The quantitative estimate of drug-likeness (QED) is 0.847. The molecule has 6 heteroatoms. The molecule has 0 aliphatic rings. The number of hydrazine groups is 1. The van der Waals surface area contributed by atoms with Crippen molar-refractivity contribution in [3.63, 3.8) is 0 Å². The lowest BCUT2D eigenvalue weighted by Gasteiger charge is -2.04. The highest BCUT2D eigenvalue weighted by Crippen LogP contribution is 2.22. The molecule has 0 atom stereocenters. The monoisotopic (exact) mass is 322 g/mol. The van der Waals surface area contributed by atoms with E-state index in [0.717, 1.165) is 22.6 Å². The van der Waals surface area contributed by atoms with Gasteiger partial charge in [0.15, 0.2) is 0 Å². The summed E-state index contributed by atoms with van der Waals surface area (Å²) in [6, 6.07) is 5.53. The summed E-state index contributed by atoms with van der Waals surface area (Å²) in [5.41, 5.74) is 6.12. The van der Waals surface area contributed by atoms with Crippen LogP contribution in [0.1, 0.15) is 48.0 Å². The van der Waals surface area contributed by atoms with E-state index in [4.69, 9.17) is 0 Å². The molecule has 0 aliphatic carbocycles. The molecule has 0 spiro atoms. The van der Waals surface area contributed by atoms with Crippen LogP contribution in [0.25, 0.3) is 0 Å². The summed E-state index contributed by atoms with van der Waals surface area (Å²) < 4.78 is 0. The average molecular weight is 322 g/mol. The van der Waals surface area contributed by atoms with Gasteiger partial charge in [-0.3, -0.25) is 20.4 Å². The fraction of sp³-hybridized carbons (Fsp3) is 0.333. The van der Waals surface area contributed by atoms with Gasteiger partial charge in [0.05, 0.1) is 9.75 Å². The first-order chi connectivity index (χ1) is 10.0. The third kappa shape index (κ3) is 3.92. The Morgan fingerprint density at radius 2 is 1.71 bits per heavy atom. The van der Waals surface area contributed by atoms with Crippen LogP contribution < -0.4 is 10.9 Å². The molecule has 2 aromatic heterocycles. The number of rotatable bonds is 4. The van der Waals surface area contributed by atoms with Gasteiger partial charge in [-0.25, -0.2) is 0 Å². The minimum absolute atomic E-state index is 0.271. The zero-order chi connectivity index (χ0) is 15.4. The highest BCUT2D eigenvalue weighted by atomic mass is 32.1. The third-order valence-electron chi connectivity index (χ3n) is 3.02. The Kier molecular flexibility index (Phi) is 5.14. The standard InChI is InChI=1S/C15H18N2O2S2/c1-4-5-11-8-13(21-10(11)3)15(19)17-16-14(18)12-7-6-9(2)20-12/h6-8H,4-5H2,1-3H3,(H,16,18)(H,17,19). The molecule has 21 heavy (non-hydrogen) atoms. The number of carbonyl (C=O) groups is 2. The predicted octanol–water partition coefficient (Wildman–Crippen LogP) is 3.45. The Labute approximate surface area is 132 Å². The van der Waals surface area contributed by atoms with Crippen LogP contribution in [0, 0.1) is 13.8 Å². The van der Waals surface area contributed by atoms with Crippen molar-refractivity contribution in [1.29, 1.82) is 0 Å². The largest absolute Gasteiger partial charge is 0.279 e. The lowest BCUT2D eigenvalue weighted by molar-refractivity contribution is 0.0851. The van der Waals surface area contributed by atoms with Gasteiger partial charge in [-0.15, -0.1) is 22.7 Å². The maximum atomic E-state index is 12.0. The number of hydrogen-bond acceptors (Lipinski definition) is 4. The number of aryl methyl sites for hydroxylation is 3. The maximum Gasteiger partial charge on any atom is 0.279 e. The smallest absolute Gasteiger partial charge is 0.266 e. The van der Waals surface area contributed by atoms with Gasteiger partial charge in [0.25, 0.3) is 11.8 Å². The molecule has 0 radical (unpaired) electrons. The van der Waals surface area contributed by atoms with E-state index in [9.17, 15) is 9.59 Å². The van der Waals surface area contributed by atoms with Gasteiger partial charge in [0.1, 0.15) is 0 Å². The summed E-state index contributed by atoms with van der Waals surface area (Å²) in [5.74, 6) is -0.560. The average Bonchev–Trinajstić information content (AvgIpc) is 3.03. The van der Waals surface area contributed by atoms with E-state index >= 15 is 0 Å². The van der Waals surface area contributed by atoms with Crippen molar-refractivity contribution in [2.45, 2.75) is 33.6 Å². The van der Waals surface area contributed by atoms with Gasteiger partial charge < -0.3 is 0 Å². The van der Waals surface area contributed by atoms with Gasteiger partial charge in [0, 0.05) is 9.75 Å². The van der Waals surface area contributed by atoms with E-state index in [-0.39, 0.29) is 11.8 Å². The molecular weight excluding hydrogens is 304 g/mol. The highest BCUT2D eigenvalue weighted by Gasteiger charge is 2.14. The molecule has 2 amide bonds. The number of thiophene rings is 2. The summed E-state index contributed by atoms with van der Waals surface area (Å²) in [6.45, 7) is 6.06. The van der Waals surface area contributed by atoms with Gasteiger partial charge >= 0.3 is 0 Å². The molecule has 2 heterocycles. The van der Waals surface area contributed by atoms with Crippen LogP contribution >= 0.6 is 22.7 Å². The lowest BCUT2D eigenvalue weighted by Crippen LogP contribution is -2.41.